The molecule has 0 bridgehead atoms. The van der Waals surface area contributed by atoms with Gasteiger partial charge in [-0.25, -0.2) is 4.79 Å². The molecule has 0 spiro atoms. The Balaban J connectivity index is 2.40. The number of carbonyl (C=O) groups excluding carboxylic acids is 1. The zero-order valence-corrected chi connectivity index (χ0v) is 9.26. The number of methoxy groups -OCH3 is 2. The van der Waals surface area contributed by atoms with Gasteiger partial charge in [-0.1, -0.05) is 0 Å². The van der Waals surface area contributed by atoms with E-state index in [1.165, 1.54) is 7.11 Å². The average Bonchev–Trinajstić information content (AvgIpc) is 2.34. The van der Waals surface area contributed by atoms with Crippen molar-refractivity contribution in [1.82, 2.24) is 0 Å². The highest BCUT2D eigenvalue weighted by Gasteiger charge is 2.07. The summed E-state index contributed by atoms with van der Waals surface area (Å²) in [6, 6.07) is 6.54. The number of hydrogen-bond acceptors (Lipinski definition) is 5. The molecule has 0 aliphatic carbocycles. The highest BCUT2D eigenvalue weighted by molar-refractivity contribution is 5.89. The lowest BCUT2D eigenvalue weighted by Gasteiger charge is -2.04. The van der Waals surface area contributed by atoms with Gasteiger partial charge in [0.2, 0.25) is 0 Å². The molecule has 88 valence electrons. The van der Waals surface area contributed by atoms with E-state index in [1.54, 1.807) is 31.4 Å². The molecule has 0 amide bonds. The minimum absolute atomic E-state index is 0.207. The van der Waals surface area contributed by atoms with E-state index >= 15 is 0 Å². The summed E-state index contributed by atoms with van der Waals surface area (Å²) >= 11 is 0. The molecule has 0 aromatic heterocycles. The maximum absolute atomic E-state index is 11.4. The fourth-order valence-corrected chi connectivity index (χ4v) is 0.988. The summed E-state index contributed by atoms with van der Waals surface area (Å²) < 4.78 is 9.69. The van der Waals surface area contributed by atoms with Crippen LogP contribution in [0.25, 0.3) is 0 Å². The van der Waals surface area contributed by atoms with Crippen LogP contribution < -0.4 is 4.74 Å². The van der Waals surface area contributed by atoms with Crippen molar-refractivity contribution in [2.24, 2.45) is 0 Å². The van der Waals surface area contributed by atoms with Gasteiger partial charge in [-0.2, -0.15) is 4.89 Å². The summed E-state index contributed by atoms with van der Waals surface area (Å²) in [4.78, 5) is 20.6. The molecule has 0 radical (unpaired) electrons. The van der Waals surface area contributed by atoms with Gasteiger partial charge in [0.15, 0.2) is 0 Å². The van der Waals surface area contributed by atoms with E-state index in [0.29, 0.717) is 17.9 Å². The summed E-state index contributed by atoms with van der Waals surface area (Å²) in [6.07, 6.45) is 0. The predicted molar refractivity (Wildman–Crippen MR) is 56.2 cm³/mol. The number of hydrogen-bond donors (Lipinski definition) is 0. The first kappa shape index (κ1) is 12.5. The Morgan fingerprint density at radius 1 is 1.12 bits per heavy atom. The molecule has 5 nitrogen and oxygen atoms in total. The van der Waals surface area contributed by atoms with Crippen LogP contribution in [0.15, 0.2) is 24.3 Å². The Morgan fingerprint density at radius 2 is 1.81 bits per heavy atom. The SMILES string of the molecule is COCCOOC(=O)c1ccc(OC)cc1. The van der Waals surface area contributed by atoms with Crippen molar-refractivity contribution in [1.29, 1.82) is 0 Å². The molecule has 0 aliphatic heterocycles. The van der Waals surface area contributed by atoms with Crippen LogP contribution in [-0.4, -0.2) is 33.4 Å². The van der Waals surface area contributed by atoms with Crippen LogP contribution in [0, 0.1) is 0 Å². The second-order valence-corrected chi connectivity index (χ2v) is 2.91. The second kappa shape index (κ2) is 6.81. The predicted octanol–water partition coefficient (Wildman–Crippen LogP) is 1.43. The standard InChI is InChI=1S/C11H14O5/c1-13-7-8-15-16-11(12)9-3-5-10(14-2)6-4-9/h3-6H,7-8H2,1-2H3. The van der Waals surface area contributed by atoms with Gasteiger partial charge < -0.3 is 9.47 Å². The van der Waals surface area contributed by atoms with Crippen LogP contribution in [0.4, 0.5) is 0 Å². The summed E-state index contributed by atoms with van der Waals surface area (Å²) in [5.74, 6) is 0.135. The fourth-order valence-electron chi connectivity index (χ4n) is 0.988. The van der Waals surface area contributed by atoms with E-state index in [1.807, 2.05) is 0 Å². The first-order valence-corrected chi connectivity index (χ1v) is 4.74. The molecule has 0 fully saturated rings. The molecule has 0 saturated heterocycles. The van der Waals surface area contributed by atoms with E-state index in [9.17, 15) is 4.79 Å². The van der Waals surface area contributed by atoms with E-state index in [4.69, 9.17) is 9.47 Å². The van der Waals surface area contributed by atoms with Gasteiger partial charge in [0.05, 0.1) is 19.3 Å². The molecule has 0 aliphatic rings. The van der Waals surface area contributed by atoms with Crippen LogP contribution in [0.5, 0.6) is 5.75 Å². The van der Waals surface area contributed by atoms with Crippen LogP contribution in [-0.2, 0) is 14.5 Å². The van der Waals surface area contributed by atoms with Crippen molar-refractivity contribution < 1.29 is 24.0 Å². The topological polar surface area (TPSA) is 54.0 Å². The van der Waals surface area contributed by atoms with Gasteiger partial charge in [0, 0.05) is 7.11 Å². The molecule has 0 heterocycles. The minimum atomic E-state index is -0.543. The fraction of sp³-hybridized carbons (Fsp3) is 0.364. The van der Waals surface area contributed by atoms with Crippen LogP contribution in [0.1, 0.15) is 10.4 Å². The Hall–Kier alpha value is -1.59. The van der Waals surface area contributed by atoms with Crippen molar-refractivity contribution in [3.8, 4) is 5.75 Å². The van der Waals surface area contributed by atoms with Crippen LogP contribution in [0.3, 0.4) is 0 Å². The van der Waals surface area contributed by atoms with Gasteiger partial charge in [-0.15, -0.1) is 0 Å². The highest BCUT2D eigenvalue weighted by atomic mass is 17.2. The Bertz CT molecular complexity index is 320. The third-order valence-corrected chi connectivity index (χ3v) is 1.83. The number of carbonyl (C=O) groups is 1. The number of rotatable bonds is 6. The van der Waals surface area contributed by atoms with Gasteiger partial charge in [0.1, 0.15) is 12.4 Å². The molecule has 16 heavy (non-hydrogen) atoms. The molecule has 0 N–H and O–H groups in total. The lowest BCUT2D eigenvalue weighted by molar-refractivity contribution is -0.246. The van der Waals surface area contributed by atoms with Crippen molar-refractivity contribution in [2.75, 3.05) is 27.4 Å². The van der Waals surface area contributed by atoms with Gasteiger partial charge in [-0.3, -0.25) is 4.89 Å². The largest absolute Gasteiger partial charge is 0.497 e. The quantitative estimate of drug-likeness (QED) is 0.417. The Labute approximate surface area is 93.8 Å². The number of ether oxygens (including phenoxy) is 2. The molecule has 0 atom stereocenters. The Kier molecular flexibility index (Phi) is 5.31. The van der Waals surface area contributed by atoms with Gasteiger partial charge in [0.25, 0.3) is 0 Å². The van der Waals surface area contributed by atoms with Gasteiger partial charge >= 0.3 is 5.97 Å². The van der Waals surface area contributed by atoms with Gasteiger partial charge in [-0.05, 0) is 24.3 Å². The maximum Gasteiger partial charge on any atom is 0.373 e. The third kappa shape index (κ3) is 3.88. The van der Waals surface area contributed by atoms with Crippen molar-refractivity contribution in [3.05, 3.63) is 29.8 Å². The smallest absolute Gasteiger partial charge is 0.373 e. The molecule has 0 unspecified atom stereocenters. The molecular weight excluding hydrogens is 212 g/mol. The number of benzene rings is 1. The van der Waals surface area contributed by atoms with Crippen molar-refractivity contribution in [2.45, 2.75) is 0 Å². The first-order valence-electron chi connectivity index (χ1n) is 4.74. The zero-order valence-electron chi connectivity index (χ0n) is 9.26. The molecule has 1 aromatic rings. The minimum Gasteiger partial charge on any atom is -0.497 e. The van der Waals surface area contributed by atoms with E-state index in [2.05, 4.69) is 9.78 Å². The molecule has 0 saturated carbocycles. The third-order valence-electron chi connectivity index (χ3n) is 1.83. The van der Waals surface area contributed by atoms with Crippen molar-refractivity contribution in [3.63, 3.8) is 0 Å². The maximum atomic E-state index is 11.4. The normalized spacial score (nSPS) is 9.88. The summed E-state index contributed by atoms with van der Waals surface area (Å²) in [6.45, 7) is 0.578. The lowest BCUT2D eigenvalue weighted by atomic mass is 10.2. The summed E-state index contributed by atoms with van der Waals surface area (Å²) in [7, 11) is 3.09. The highest BCUT2D eigenvalue weighted by Crippen LogP contribution is 2.11. The average molecular weight is 226 g/mol. The molecule has 1 aromatic carbocycles. The van der Waals surface area contributed by atoms with E-state index in [0.717, 1.165) is 0 Å². The summed E-state index contributed by atoms with van der Waals surface area (Å²) in [5, 5.41) is 0. The van der Waals surface area contributed by atoms with Crippen LogP contribution >= 0.6 is 0 Å². The Morgan fingerprint density at radius 3 is 2.38 bits per heavy atom. The second-order valence-electron chi connectivity index (χ2n) is 2.91. The van der Waals surface area contributed by atoms with E-state index < -0.39 is 5.97 Å². The van der Waals surface area contributed by atoms with Crippen molar-refractivity contribution >= 4 is 5.97 Å². The molecule has 5 heteroatoms. The zero-order chi connectivity index (χ0) is 11.8. The molecule has 1 rings (SSSR count). The monoisotopic (exact) mass is 226 g/mol. The summed E-state index contributed by atoms with van der Waals surface area (Å²) in [5.41, 5.74) is 0.401. The molecular formula is C11H14O5. The first-order chi connectivity index (χ1) is 7.77. The van der Waals surface area contributed by atoms with E-state index in [-0.39, 0.29) is 6.61 Å². The van der Waals surface area contributed by atoms with Crippen LogP contribution in [0.2, 0.25) is 0 Å². The lowest BCUT2D eigenvalue weighted by Crippen LogP contribution is -2.09.